The molecule has 3 heterocycles. The van der Waals surface area contributed by atoms with Gasteiger partial charge in [-0.15, -0.1) is 0 Å². The average Bonchev–Trinajstić information content (AvgIpc) is 3.60. The van der Waals surface area contributed by atoms with Gasteiger partial charge in [-0.2, -0.15) is 9.78 Å². The number of benzene rings is 2. The molecule has 7 rings (SSSR count). The van der Waals surface area contributed by atoms with E-state index in [2.05, 4.69) is 38.9 Å². The number of aromatic nitrogens is 4. The molecule has 0 saturated heterocycles. The largest absolute Gasteiger partial charge is 0.324 e. The van der Waals surface area contributed by atoms with Crippen LogP contribution in [0.3, 0.4) is 0 Å². The lowest BCUT2D eigenvalue weighted by atomic mass is 9.88. The maximum atomic E-state index is 13.4. The zero-order valence-corrected chi connectivity index (χ0v) is 20.6. The SMILES string of the molecule is O=c1c2cnc(Nc3ccc4c(c3)CNCC43CC3)nc2c(C2=CC=C2)nn1-c1c(Cl)cccc1Cl. The highest BCUT2D eigenvalue weighted by molar-refractivity contribution is 6.37. The number of rotatable bonds is 4. The van der Waals surface area contributed by atoms with Crippen LogP contribution in [0.1, 0.15) is 29.7 Å². The van der Waals surface area contributed by atoms with Gasteiger partial charge in [-0.3, -0.25) is 4.79 Å². The fourth-order valence-electron chi connectivity index (χ4n) is 5.07. The molecule has 0 amide bonds. The highest BCUT2D eigenvalue weighted by Gasteiger charge is 2.46. The van der Waals surface area contributed by atoms with E-state index in [-0.39, 0.29) is 0 Å². The smallest absolute Gasteiger partial charge is 0.282 e. The molecule has 3 aliphatic rings. The third kappa shape index (κ3) is 3.38. The number of halogens is 2. The van der Waals surface area contributed by atoms with Crippen LogP contribution in [0.4, 0.5) is 11.6 Å². The molecule has 0 bridgehead atoms. The Balaban J connectivity index is 1.33. The van der Waals surface area contributed by atoms with Crippen molar-refractivity contribution in [2.24, 2.45) is 0 Å². The van der Waals surface area contributed by atoms with Crippen LogP contribution >= 0.6 is 23.2 Å². The molecule has 9 heteroatoms. The van der Waals surface area contributed by atoms with E-state index in [0.717, 1.165) is 24.4 Å². The van der Waals surface area contributed by atoms with Crippen molar-refractivity contribution in [2.45, 2.75) is 24.8 Å². The maximum absolute atomic E-state index is 13.4. The van der Waals surface area contributed by atoms with E-state index in [4.69, 9.17) is 28.2 Å². The summed E-state index contributed by atoms with van der Waals surface area (Å²) in [6.07, 6.45) is 9.76. The number of anilines is 2. The van der Waals surface area contributed by atoms with Crippen molar-refractivity contribution in [2.75, 3.05) is 11.9 Å². The molecule has 2 aromatic carbocycles. The molecule has 0 atom stereocenters. The van der Waals surface area contributed by atoms with Gasteiger partial charge in [0.2, 0.25) is 5.95 Å². The van der Waals surface area contributed by atoms with Gasteiger partial charge in [-0.05, 0) is 48.2 Å². The summed E-state index contributed by atoms with van der Waals surface area (Å²) < 4.78 is 1.23. The Kier molecular flexibility index (Phi) is 4.83. The maximum Gasteiger partial charge on any atom is 0.282 e. The Hall–Kier alpha value is -3.52. The lowest BCUT2D eigenvalue weighted by molar-refractivity contribution is 0.531. The van der Waals surface area contributed by atoms with Crippen molar-refractivity contribution >= 4 is 51.3 Å². The quantitative estimate of drug-likeness (QED) is 0.383. The summed E-state index contributed by atoms with van der Waals surface area (Å²) in [7, 11) is 0. The van der Waals surface area contributed by atoms with Gasteiger partial charge in [-0.25, -0.2) is 9.97 Å². The fraction of sp³-hybridized carbons (Fsp3) is 0.185. The Bertz CT molecular complexity index is 1680. The van der Waals surface area contributed by atoms with Crippen molar-refractivity contribution in [1.29, 1.82) is 0 Å². The third-order valence-electron chi connectivity index (χ3n) is 7.18. The lowest BCUT2D eigenvalue weighted by Crippen LogP contribution is -2.33. The Morgan fingerprint density at radius 2 is 1.92 bits per heavy atom. The minimum absolute atomic E-state index is 0.320. The van der Waals surface area contributed by atoms with Gasteiger partial charge in [0.25, 0.3) is 5.56 Å². The molecule has 36 heavy (non-hydrogen) atoms. The van der Waals surface area contributed by atoms with Crippen LogP contribution in [0.2, 0.25) is 10.0 Å². The van der Waals surface area contributed by atoms with Crippen molar-refractivity contribution in [3.8, 4) is 5.69 Å². The standard InChI is InChI=1S/C27H20Cl2N6O/c28-20-5-2-6-21(29)24(20)35-25(36)18-13-31-26(33-23(18)22(34-35)15-3-1-4-15)32-17-7-8-19-16(11-17)12-30-14-27(19)9-10-27/h1-8,11,13,30H,9-10,12,14H2,(H,31,32,33). The molecule has 1 aliphatic heterocycles. The van der Waals surface area contributed by atoms with Crippen LogP contribution in [0, 0.1) is 0 Å². The van der Waals surface area contributed by atoms with E-state index in [1.165, 1.54) is 34.8 Å². The molecule has 7 nitrogen and oxygen atoms in total. The van der Waals surface area contributed by atoms with Gasteiger partial charge in [0.15, 0.2) is 0 Å². The molecule has 1 saturated carbocycles. The zero-order chi connectivity index (χ0) is 24.4. The number of hydrogen-bond acceptors (Lipinski definition) is 6. The van der Waals surface area contributed by atoms with Crippen molar-refractivity contribution < 1.29 is 0 Å². The van der Waals surface area contributed by atoms with Crippen LogP contribution in [0.25, 0.3) is 22.2 Å². The van der Waals surface area contributed by atoms with Crippen LogP contribution in [0.5, 0.6) is 0 Å². The van der Waals surface area contributed by atoms with Crippen LogP contribution in [-0.4, -0.2) is 26.3 Å². The average molecular weight is 515 g/mol. The lowest BCUT2D eigenvalue weighted by Gasteiger charge is -2.26. The first-order chi connectivity index (χ1) is 17.5. The second-order valence-corrected chi connectivity index (χ2v) is 10.3. The molecule has 0 radical (unpaired) electrons. The Morgan fingerprint density at radius 3 is 2.64 bits per heavy atom. The molecule has 178 valence electrons. The number of allylic oxidation sites excluding steroid dienone is 4. The zero-order valence-electron chi connectivity index (χ0n) is 19.1. The Morgan fingerprint density at radius 1 is 1.11 bits per heavy atom. The summed E-state index contributed by atoms with van der Waals surface area (Å²) in [5.41, 5.74) is 5.78. The van der Waals surface area contributed by atoms with Gasteiger partial charge in [0.05, 0.1) is 15.4 Å². The summed E-state index contributed by atoms with van der Waals surface area (Å²) in [5, 5.41) is 12.5. The highest BCUT2D eigenvalue weighted by atomic mass is 35.5. The van der Waals surface area contributed by atoms with E-state index in [1.807, 2.05) is 18.2 Å². The second kappa shape index (κ2) is 8.00. The normalized spacial score (nSPS) is 17.0. The van der Waals surface area contributed by atoms with Gasteiger partial charge in [-0.1, -0.05) is 53.6 Å². The van der Waals surface area contributed by atoms with E-state index >= 15 is 0 Å². The summed E-state index contributed by atoms with van der Waals surface area (Å²) in [4.78, 5) is 22.6. The molecule has 1 fully saturated rings. The van der Waals surface area contributed by atoms with Crippen LogP contribution in [0.15, 0.2) is 65.6 Å². The highest BCUT2D eigenvalue weighted by Crippen LogP contribution is 2.50. The van der Waals surface area contributed by atoms with Gasteiger partial charge >= 0.3 is 0 Å². The predicted octanol–water partition coefficient (Wildman–Crippen LogP) is 5.31. The minimum Gasteiger partial charge on any atom is -0.324 e. The Labute approximate surface area is 216 Å². The number of para-hydroxylation sites is 1. The number of nitrogens with one attached hydrogen (secondary N) is 2. The van der Waals surface area contributed by atoms with Crippen LogP contribution in [-0.2, 0) is 12.0 Å². The molecule has 2 aliphatic carbocycles. The molecule has 4 aromatic rings. The van der Waals surface area contributed by atoms with E-state index in [1.54, 1.807) is 18.2 Å². The minimum atomic E-state index is -0.395. The molecular weight excluding hydrogens is 495 g/mol. The number of hydrogen-bond donors (Lipinski definition) is 2. The first kappa shape index (κ1) is 21.7. The molecule has 0 unspecified atom stereocenters. The van der Waals surface area contributed by atoms with Crippen molar-refractivity contribution in [3.63, 3.8) is 0 Å². The number of nitrogens with zero attached hydrogens (tertiary/aromatic N) is 4. The first-order valence-electron chi connectivity index (χ1n) is 11.8. The summed E-state index contributed by atoms with van der Waals surface area (Å²) >= 11 is 12.8. The van der Waals surface area contributed by atoms with Crippen LogP contribution < -0.4 is 16.2 Å². The van der Waals surface area contributed by atoms with Gasteiger partial charge < -0.3 is 10.6 Å². The topological polar surface area (TPSA) is 84.7 Å². The van der Waals surface area contributed by atoms with Crippen molar-refractivity contribution in [3.05, 3.63) is 98.0 Å². The predicted molar refractivity (Wildman–Crippen MR) is 142 cm³/mol. The van der Waals surface area contributed by atoms with Crippen molar-refractivity contribution in [1.82, 2.24) is 25.1 Å². The van der Waals surface area contributed by atoms with E-state index in [9.17, 15) is 4.79 Å². The molecule has 2 aromatic heterocycles. The third-order valence-corrected chi connectivity index (χ3v) is 7.79. The van der Waals surface area contributed by atoms with Gasteiger partial charge in [0.1, 0.15) is 16.9 Å². The number of fused-ring (bicyclic) bond motifs is 3. The van der Waals surface area contributed by atoms with E-state index < -0.39 is 5.56 Å². The summed E-state index contributed by atoms with van der Waals surface area (Å²) in [6.45, 7) is 1.90. The monoisotopic (exact) mass is 514 g/mol. The van der Waals surface area contributed by atoms with E-state index in [0.29, 0.717) is 43.7 Å². The summed E-state index contributed by atoms with van der Waals surface area (Å²) in [6, 6.07) is 11.5. The van der Waals surface area contributed by atoms with Gasteiger partial charge in [0, 0.05) is 36.0 Å². The molecule has 1 spiro atoms. The molecule has 2 N–H and O–H groups in total. The fourth-order valence-corrected chi connectivity index (χ4v) is 5.62. The first-order valence-corrected chi connectivity index (χ1v) is 12.5. The molecular formula is C27H20Cl2N6O. The second-order valence-electron chi connectivity index (χ2n) is 9.45. The summed E-state index contributed by atoms with van der Waals surface area (Å²) in [5.74, 6) is 0.396.